The molecule has 0 amide bonds. The van der Waals surface area contributed by atoms with Crippen molar-refractivity contribution >= 4 is 23.3 Å². The molecule has 9 heteroatoms. The van der Waals surface area contributed by atoms with Crippen LogP contribution in [0.1, 0.15) is 30.0 Å². The van der Waals surface area contributed by atoms with Crippen LogP contribution in [0.2, 0.25) is 0 Å². The molecule has 0 unspecified atom stereocenters. The highest BCUT2D eigenvalue weighted by atomic mass is 32.1. The minimum absolute atomic E-state index is 0.0110. The third-order valence-corrected chi connectivity index (χ3v) is 5.66. The van der Waals surface area contributed by atoms with Crippen LogP contribution < -0.4 is 10.9 Å². The molecular weight excluding hydrogens is 389 g/mol. The highest BCUT2D eigenvalue weighted by Crippen LogP contribution is 2.39. The number of rotatable bonds is 3. The lowest BCUT2D eigenvalue weighted by Crippen LogP contribution is -2.38. The molecule has 2 atom stereocenters. The summed E-state index contributed by atoms with van der Waals surface area (Å²) in [5.41, 5.74) is 2.48. The number of alkyl halides is 3. The van der Waals surface area contributed by atoms with E-state index in [1.165, 1.54) is 0 Å². The van der Waals surface area contributed by atoms with E-state index in [0.29, 0.717) is 24.1 Å². The quantitative estimate of drug-likeness (QED) is 0.573. The minimum atomic E-state index is -4.19. The Balaban J connectivity index is 1.71. The van der Waals surface area contributed by atoms with E-state index in [0.717, 1.165) is 11.1 Å². The Bertz CT molecular complexity index is 1110. The van der Waals surface area contributed by atoms with Gasteiger partial charge in [-0.1, -0.05) is 24.3 Å². The number of aromatic amines is 2. The normalized spacial score (nSPS) is 20.5. The Morgan fingerprint density at radius 2 is 2.00 bits per heavy atom. The lowest BCUT2D eigenvalue weighted by Gasteiger charge is -2.33. The standard InChI is InChI=1S/C19H19F3N4OS/c20-19(21,22)12-5-7-23-14(9-12)13-4-2-1-3-11(13)10-26-15-6-8-24-16(15)17(27)25-18(26)28/h1-4,6,8,12,14,23-24H,5,7,9-10H2,(H,25,27,28)/t12-,14-/m1/s1. The Labute approximate surface area is 163 Å². The number of H-pyrrole nitrogens is 2. The maximum Gasteiger partial charge on any atom is 0.391 e. The average molecular weight is 408 g/mol. The van der Waals surface area contributed by atoms with E-state index in [1.807, 2.05) is 24.3 Å². The average Bonchev–Trinajstić information content (AvgIpc) is 3.15. The van der Waals surface area contributed by atoms with Gasteiger partial charge in [-0.25, -0.2) is 0 Å². The van der Waals surface area contributed by atoms with Gasteiger partial charge in [-0.05, 0) is 48.8 Å². The highest BCUT2D eigenvalue weighted by molar-refractivity contribution is 7.71. The molecule has 1 aliphatic heterocycles. The van der Waals surface area contributed by atoms with Crippen molar-refractivity contribution in [1.82, 2.24) is 19.9 Å². The number of piperidine rings is 1. The molecule has 1 aromatic carbocycles. The molecule has 0 aliphatic carbocycles. The number of halogens is 3. The zero-order valence-corrected chi connectivity index (χ0v) is 15.7. The summed E-state index contributed by atoms with van der Waals surface area (Å²) in [4.78, 5) is 17.6. The van der Waals surface area contributed by atoms with Gasteiger partial charge in [0.15, 0.2) is 4.77 Å². The molecule has 28 heavy (non-hydrogen) atoms. The Morgan fingerprint density at radius 3 is 2.79 bits per heavy atom. The van der Waals surface area contributed by atoms with Crippen LogP contribution in [0.15, 0.2) is 41.3 Å². The van der Waals surface area contributed by atoms with Gasteiger partial charge in [-0.2, -0.15) is 13.2 Å². The van der Waals surface area contributed by atoms with Crippen LogP contribution in [0.3, 0.4) is 0 Å². The summed E-state index contributed by atoms with van der Waals surface area (Å²) in [5, 5.41) is 3.22. The summed E-state index contributed by atoms with van der Waals surface area (Å²) in [7, 11) is 0. The minimum Gasteiger partial charge on any atom is -0.355 e. The second kappa shape index (κ2) is 7.21. The summed E-state index contributed by atoms with van der Waals surface area (Å²) in [6.07, 6.45) is -2.42. The second-order valence-electron chi connectivity index (χ2n) is 7.05. The molecule has 5 nitrogen and oxygen atoms in total. The molecule has 3 N–H and O–H groups in total. The zero-order valence-electron chi connectivity index (χ0n) is 14.8. The molecule has 0 spiro atoms. The summed E-state index contributed by atoms with van der Waals surface area (Å²) in [6.45, 7) is 0.679. The van der Waals surface area contributed by atoms with Gasteiger partial charge in [0, 0.05) is 12.2 Å². The Morgan fingerprint density at radius 1 is 1.21 bits per heavy atom. The summed E-state index contributed by atoms with van der Waals surface area (Å²) >= 11 is 5.33. The van der Waals surface area contributed by atoms with Crippen molar-refractivity contribution in [2.75, 3.05) is 6.54 Å². The SMILES string of the molecule is O=c1[nH]c(=S)n(Cc2ccccc2[C@H]2C[C@H](C(F)(F)F)CCN2)c2cc[nH]c12. The zero-order chi connectivity index (χ0) is 19.9. The molecule has 2 aromatic heterocycles. The van der Waals surface area contributed by atoms with E-state index in [1.54, 1.807) is 16.8 Å². The van der Waals surface area contributed by atoms with Crippen molar-refractivity contribution < 1.29 is 13.2 Å². The third-order valence-electron chi connectivity index (χ3n) is 5.33. The van der Waals surface area contributed by atoms with Crippen LogP contribution in [0.5, 0.6) is 0 Å². The van der Waals surface area contributed by atoms with Crippen molar-refractivity contribution in [3.63, 3.8) is 0 Å². The molecule has 0 radical (unpaired) electrons. The van der Waals surface area contributed by atoms with Crippen LogP contribution in [-0.4, -0.2) is 27.3 Å². The van der Waals surface area contributed by atoms with Crippen LogP contribution in [0.4, 0.5) is 13.2 Å². The molecule has 0 saturated carbocycles. The van der Waals surface area contributed by atoms with Gasteiger partial charge in [-0.15, -0.1) is 0 Å². The van der Waals surface area contributed by atoms with Gasteiger partial charge < -0.3 is 14.9 Å². The number of hydrogen-bond donors (Lipinski definition) is 3. The number of benzene rings is 1. The first-order chi connectivity index (χ1) is 13.3. The first-order valence-corrected chi connectivity index (χ1v) is 9.43. The van der Waals surface area contributed by atoms with Crippen LogP contribution in [-0.2, 0) is 6.54 Å². The maximum absolute atomic E-state index is 13.2. The van der Waals surface area contributed by atoms with Crippen molar-refractivity contribution in [3.05, 3.63) is 62.8 Å². The molecule has 4 rings (SSSR count). The first kappa shape index (κ1) is 18.9. The van der Waals surface area contributed by atoms with Crippen molar-refractivity contribution in [1.29, 1.82) is 0 Å². The van der Waals surface area contributed by atoms with Gasteiger partial charge in [0.05, 0.1) is 18.0 Å². The van der Waals surface area contributed by atoms with E-state index in [2.05, 4.69) is 15.3 Å². The molecule has 3 heterocycles. The topological polar surface area (TPSA) is 65.6 Å². The number of aromatic nitrogens is 3. The Kier molecular flexibility index (Phi) is 4.88. The maximum atomic E-state index is 13.2. The van der Waals surface area contributed by atoms with E-state index < -0.39 is 12.1 Å². The molecule has 1 saturated heterocycles. The lowest BCUT2D eigenvalue weighted by molar-refractivity contribution is -0.183. The van der Waals surface area contributed by atoms with Gasteiger partial charge >= 0.3 is 6.18 Å². The van der Waals surface area contributed by atoms with E-state index in [-0.39, 0.29) is 29.2 Å². The second-order valence-corrected chi connectivity index (χ2v) is 7.44. The predicted molar refractivity (Wildman–Crippen MR) is 103 cm³/mol. The smallest absolute Gasteiger partial charge is 0.355 e. The van der Waals surface area contributed by atoms with Gasteiger partial charge in [-0.3, -0.25) is 9.78 Å². The third kappa shape index (κ3) is 3.51. The molecule has 3 aromatic rings. The number of nitrogens with zero attached hydrogens (tertiary/aromatic N) is 1. The first-order valence-electron chi connectivity index (χ1n) is 9.02. The molecule has 1 aliphatic rings. The monoisotopic (exact) mass is 408 g/mol. The highest BCUT2D eigenvalue weighted by Gasteiger charge is 2.42. The van der Waals surface area contributed by atoms with Crippen molar-refractivity contribution in [3.8, 4) is 0 Å². The number of hydrogen-bond acceptors (Lipinski definition) is 3. The van der Waals surface area contributed by atoms with Crippen LogP contribution >= 0.6 is 12.2 Å². The van der Waals surface area contributed by atoms with Gasteiger partial charge in [0.25, 0.3) is 5.56 Å². The van der Waals surface area contributed by atoms with Gasteiger partial charge in [0.2, 0.25) is 0 Å². The molecular formula is C19H19F3N4OS. The molecule has 0 bridgehead atoms. The fraction of sp³-hybridized carbons (Fsp3) is 0.368. The molecule has 1 fully saturated rings. The van der Waals surface area contributed by atoms with Gasteiger partial charge in [0.1, 0.15) is 5.52 Å². The van der Waals surface area contributed by atoms with E-state index in [4.69, 9.17) is 12.2 Å². The van der Waals surface area contributed by atoms with Crippen LogP contribution in [0.25, 0.3) is 11.0 Å². The van der Waals surface area contributed by atoms with Crippen molar-refractivity contribution in [2.24, 2.45) is 5.92 Å². The molecule has 148 valence electrons. The van der Waals surface area contributed by atoms with E-state index >= 15 is 0 Å². The van der Waals surface area contributed by atoms with Crippen LogP contribution in [0, 0.1) is 10.7 Å². The summed E-state index contributed by atoms with van der Waals surface area (Å²) < 4.78 is 41.7. The number of fused-ring (bicyclic) bond motifs is 1. The predicted octanol–water partition coefficient (Wildman–Crippen LogP) is 4.04. The Hall–Kier alpha value is -2.39. The fourth-order valence-electron chi connectivity index (χ4n) is 3.90. The summed E-state index contributed by atoms with van der Waals surface area (Å²) in [6, 6.07) is 8.81. The van der Waals surface area contributed by atoms with Crippen molar-refractivity contribution in [2.45, 2.75) is 31.6 Å². The lowest BCUT2D eigenvalue weighted by atomic mass is 9.86. The fourth-order valence-corrected chi connectivity index (χ4v) is 4.16. The van der Waals surface area contributed by atoms with E-state index in [9.17, 15) is 18.0 Å². The number of nitrogens with one attached hydrogen (secondary N) is 3. The summed E-state index contributed by atoms with van der Waals surface area (Å²) in [5.74, 6) is -1.31. The largest absolute Gasteiger partial charge is 0.391 e.